The van der Waals surface area contributed by atoms with Gasteiger partial charge in [0.2, 0.25) is 0 Å². The Morgan fingerprint density at radius 1 is 1.38 bits per heavy atom. The Morgan fingerprint density at radius 2 is 2.06 bits per heavy atom. The standard InChI is InChI=1S/C10H13N3O2S/c1-12-9(14)3-2-8(11-12)10(15)13-4-6-16-7-5-13/h2-3H,4-7H2,1H3. The van der Waals surface area contributed by atoms with Crippen LogP contribution in [0.4, 0.5) is 0 Å². The van der Waals surface area contributed by atoms with Gasteiger partial charge in [-0.05, 0) is 6.07 Å². The Morgan fingerprint density at radius 3 is 2.69 bits per heavy atom. The first kappa shape index (κ1) is 11.2. The molecule has 1 saturated heterocycles. The zero-order chi connectivity index (χ0) is 11.5. The third-order valence-electron chi connectivity index (χ3n) is 2.48. The topological polar surface area (TPSA) is 55.2 Å². The molecule has 0 aliphatic carbocycles. The van der Waals surface area contributed by atoms with Gasteiger partial charge < -0.3 is 4.90 Å². The molecule has 1 amide bonds. The highest BCUT2D eigenvalue weighted by molar-refractivity contribution is 7.99. The van der Waals surface area contributed by atoms with Crippen LogP contribution in [0.5, 0.6) is 0 Å². The smallest absolute Gasteiger partial charge is 0.274 e. The SMILES string of the molecule is Cn1nc(C(=O)N2CCSCC2)ccc1=O. The van der Waals surface area contributed by atoms with Crippen molar-refractivity contribution in [2.75, 3.05) is 24.6 Å². The molecule has 1 aliphatic heterocycles. The number of carbonyl (C=O) groups excluding carboxylic acids is 1. The zero-order valence-corrected chi connectivity index (χ0v) is 9.87. The van der Waals surface area contributed by atoms with Gasteiger partial charge in [0, 0.05) is 37.7 Å². The molecule has 0 spiro atoms. The first-order valence-electron chi connectivity index (χ1n) is 5.10. The predicted octanol–water partition coefficient (Wildman–Crippen LogP) is -0.0307. The van der Waals surface area contributed by atoms with E-state index in [0.717, 1.165) is 24.6 Å². The van der Waals surface area contributed by atoms with Gasteiger partial charge in [0.1, 0.15) is 5.69 Å². The number of aromatic nitrogens is 2. The lowest BCUT2D eigenvalue weighted by molar-refractivity contribution is 0.0764. The highest BCUT2D eigenvalue weighted by Crippen LogP contribution is 2.11. The van der Waals surface area contributed by atoms with Crippen molar-refractivity contribution in [1.29, 1.82) is 0 Å². The predicted molar refractivity (Wildman–Crippen MR) is 62.7 cm³/mol. The van der Waals surface area contributed by atoms with Crippen molar-refractivity contribution in [3.05, 3.63) is 28.2 Å². The highest BCUT2D eigenvalue weighted by atomic mass is 32.2. The summed E-state index contributed by atoms with van der Waals surface area (Å²) in [5.41, 5.74) is 0.139. The van der Waals surface area contributed by atoms with E-state index in [9.17, 15) is 9.59 Å². The van der Waals surface area contributed by atoms with E-state index >= 15 is 0 Å². The van der Waals surface area contributed by atoms with Crippen LogP contribution in [0.2, 0.25) is 0 Å². The molecule has 0 unspecified atom stereocenters. The molecule has 0 radical (unpaired) electrons. The number of thioether (sulfide) groups is 1. The maximum atomic E-state index is 12.0. The minimum atomic E-state index is -0.203. The number of hydrogen-bond acceptors (Lipinski definition) is 4. The van der Waals surface area contributed by atoms with E-state index in [-0.39, 0.29) is 11.5 Å². The van der Waals surface area contributed by atoms with Crippen LogP contribution in [0, 0.1) is 0 Å². The molecule has 86 valence electrons. The van der Waals surface area contributed by atoms with Gasteiger partial charge in [-0.15, -0.1) is 0 Å². The number of rotatable bonds is 1. The fourth-order valence-electron chi connectivity index (χ4n) is 1.54. The molecule has 6 heteroatoms. The van der Waals surface area contributed by atoms with E-state index in [1.807, 2.05) is 11.8 Å². The molecule has 0 saturated carbocycles. The van der Waals surface area contributed by atoms with Crippen LogP contribution in [-0.2, 0) is 7.05 Å². The Balaban J connectivity index is 2.19. The first-order valence-corrected chi connectivity index (χ1v) is 6.25. The van der Waals surface area contributed by atoms with Crippen molar-refractivity contribution in [1.82, 2.24) is 14.7 Å². The van der Waals surface area contributed by atoms with E-state index < -0.39 is 0 Å². The van der Waals surface area contributed by atoms with Gasteiger partial charge >= 0.3 is 0 Å². The van der Waals surface area contributed by atoms with Gasteiger partial charge in [0.25, 0.3) is 11.5 Å². The second-order valence-corrected chi connectivity index (χ2v) is 4.81. The molecule has 5 nitrogen and oxygen atoms in total. The maximum absolute atomic E-state index is 12.0. The van der Waals surface area contributed by atoms with Gasteiger partial charge in [-0.1, -0.05) is 0 Å². The van der Waals surface area contributed by atoms with Crippen molar-refractivity contribution in [3.63, 3.8) is 0 Å². The summed E-state index contributed by atoms with van der Waals surface area (Å²) in [5, 5.41) is 3.95. The molecule has 1 aliphatic rings. The fraction of sp³-hybridized carbons (Fsp3) is 0.500. The van der Waals surface area contributed by atoms with E-state index in [2.05, 4.69) is 5.10 Å². The van der Waals surface area contributed by atoms with Crippen LogP contribution in [0.25, 0.3) is 0 Å². The fourth-order valence-corrected chi connectivity index (χ4v) is 2.45. The highest BCUT2D eigenvalue weighted by Gasteiger charge is 2.19. The van der Waals surface area contributed by atoms with Crippen molar-refractivity contribution in [2.45, 2.75) is 0 Å². The summed E-state index contributed by atoms with van der Waals surface area (Å²) in [6, 6.07) is 2.87. The van der Waals surface area contributed by atoms with Gasteiger partial charge in [-0.2, -0.15) is 16.9 Å². The molecular weight excluding hydrogens is 226 g/mol. The third-order valence-corrected chi connectivity index (χ3v) is 3.42. The first-order chi connectivity index (χ1) is 7.68. The average molecular weight is 239 g/mol. The minimum absolute atomic E-state index is 0.0871. The third kappa shape index (κ3) is 2.27. The average Bonchev–Trinajstić information content (AvgIpc) is 2.33. The second kappa shape index (κ2) is 4.69. The number of hydrogen-bond donors (Lipinski definition) is 0. The van der Waals surface area contributed by atoms with E-state index in [1.54, 1.807) is 11.9 Å². The lowest BCUT2D eigenvalue weighted by Gasteiger charge is -2.25. The second-order valence-electron chi connectivity index (χ2n) is 3.58. The molecule has 0 N–H and O–H groups in total. The number of amides is 1. The van der Waals surface area contributed by atoms with Crippen LogP contribution in [0.15, 0.2) is 16.9 Å². The normalized spacial score (nSPS) is 16.2. The molecule has 16 heavy (non-hydrogen) atoms. The summed E-state index contributed by atoms with van der Waals surface area (Å²) in [7, 11) is 1.55. The summed E-state index contributed by atoms with van der Waals surface area (Å²) in [4.78, 5) is 24.9. The summed E-state index contributed by atoms with van der Waals surface area (Å²) in [6.45, 7) is 1.52. The molecule has 1 aromatic heterocycles. The Kier molecular flexibility index (Phi) is 3.28. The number of nitrogens with zero attached hydrogens (tertiary/aromatic N) is 3. The monoisotopic (exact) mass is 239 g/mol. The van der Waals surface area contributed by atoms with Crippen LogP contribution in [-0.4, -0.2) is 45.2 Å². The zero-order valence-electron chi connectivity index (χ0n) is 9.05. The largest absolute Gasteiger partial charge is 0.336 e. The van der Waals surface area contributed by atoms with E-state index in [4.69, 9.17) is 0 Å². The van der Waals surface area contributed by atoms with Crippen molar-refractivity contribution >= 4 is 17.7 Å². The Labute approximate surface area is 97.4 Å². The molecule has 0 atom stereocenters. The summed E-state index contributed by atoms with van der Waals surface area (Å²) < 4.78 is 1.19. The van der Waals surface area contributed by atoms with Crippen molar-refractivity contribution < 1.29 is 4.79 Å². The molecule has 1 fully saturated rings. The summed E-state index contributed by atoms with van der Waals surface area (Å²) in [5.74, 6) is 1.85. The van der Waals surface area contributed by atoms with Crippen LogP contribution in [0.1, 0.15) is 10.5 Å². The lowest BCUT2D eigenvalue weighted by atomic mass is 10.3. The molecular formula is C10H13N3O2S. The molecule has 1 aromatic rings. The van der Waals surface area contributed by atoms with Gasteiger partial charge in [0.05, 0.1) is 0 Å². The molecule has 0 aromatic carbocycles. The van der Waals surface area contributed by atoms with E-state index in [0.29, 0.717) is 5.69 Å². The van der Waals surface area contributed by atoms with Gasteiger partial charge in [-0.3, -0.25) is 9.59 Å². The maximum Gasteiger partial charge on any atom is 0.274 e. The molecule has 0 bridgehead atoms. The van der Waals surface area contributed by atoms with Gasteiger partial charge in [-0.25, -0.2) is 4.68 Å². The lowest BCUT2D eigenvalue weighted by Crippen LogP contribution is -2.39. The summed E-state index contributed by atoms with van der Waals surface area (Å²) >= 11 is 1.85. The Hall–Kier alpha value is -1.30. The van der Waals surface area contributed by atoms with Crippen molar-refractivity contribution in [2.24, 2.45) is 7.05 Å². The quantitative estimate of drug-likeness (QED) is 0.690. The van der Waals surface area contributed by atoms with E-state index in [1.165, 1.54) is 16.8 Å². The van der Waals surface area contributed by atoms with Crippen LogP contribution < -0.4 is 5.56 Å². The molecule has 2 heterocycles. The van der Waals surface area contributed by atoms with Gasteiger partial charge in [0.15, 0.2) is 0 Å². The van der Waals surface area contributed by atoms with Crippen LogP contribution >= 0.6 is 11.8 Å². The number of carbonyl (C=O) groups is 1. The Bertz CT molecular complexity index is 452. The molecule has 2 rings (SSSR count). The van der Waals surface area contributed by atoms with Crippen molar-refractivity contribution in [3.8, 4) is 0 Å². The number of aryl methyl sites for hydroxylation is 1. The van der Waals surface area contributed by atoms with Crippen LogP contribution in [0.3, 0.4) is 0 Å². The minimum Gasteiger partial charge on any atom is -0.336 e. The summed E-state index contributed by atoms with van der Waals surface area (Å²) in [6.07, 6.45) is 0.